The van der Waals surface area contributed by atoms with Crippen LogP contribution in [0.3, 0.4) is 0 Å². The maximum absolute atomic E-state index is 12.5. The van der Waals surface area contributed by atoms with Gasteiger partial charge in [0.15, 0.2) is 6.61 Å². The third kappa shape index (κ3) is 5.48. The molecule has 2 amide bonds. The number of nitriles is 1. The van der Waals surface area contributed by atoms with Crippen LogP contribution in [0.15, 0.2) is 48.5 Å². The van der Waals surface area contributed by atoms with Gasteiger partial charge in [-0.2, -0.15) is 5.26 Å². The molecule has 150 valence electrons. The normalized spacial score (nSPS) is 13.5. The predicted octanol–water partition coefficient (Wildman–Crippen LogP) is 1.86. The maximum Gasteiger partial charge on any atom is 0.260 e. The molecule has 29 heavy (non-hydrogen) atoms. The average Bonchev–Trinajstić information content (AvgIpc) is 2.78. The Bertz CT molecular complexity index is 897. The van der Waals surface area contributed by atoms with Gasteiger partial charge < -0.3 is 19.3 Å². The highest BCUT2D eigenvalue weighted by molar-refractivity contribution is 5.80. The molecule has 7 nitrogen and oxygen atoms in total. The van der Waals surface area contributed by atoms with Crippen LogP contribution in [0.25, 0.3) is 0 Å². The number of rotatable bonds is 6. The number of methoxy groups -OCH3 is 1. The van der Waals surface area contributed by atoms with Gasteiger partial charge in [-0.1, -0.05) is 12.1 Å². The van der Waals surface area contributed by atoms with E-state index in [0.29, 0.717) is 43.9 Å². The molecule has 1 fully saturated rings. The molecule has 1 saturated heterocycles. The summed E-state index contributed by atoms with van der Waals surface area (Å²) in [5, 5.41) is 8.80. The summed E-state index contributed by atoms with van der Waals surface area (Å²) >= 11 is 0. The highest BCUT2D eigenvalue weighted by Gasteiger charge is 2.24. The molecule has 2 aromatic rings. The van der Waals surface area contributed by atoms with Gasteiger partial charge in [0.1, 0.15) is 11.5 Å². The van der Waals surface area contributed by atoms with Gasteiger partial charge in [-0.05, 0) is 42.0 Å². The van der Waals surface area contributed by atoms with Gasteiger partial charge in [-0.3, -0.25) is 9.59 Å². The van der Waals surface area contributed by atoms with Crippen molar-refractivity contribution in [2.75, 3.05) is 39.9 Å². The highest BCUT2D eigenvalue weighted by atomic mass is 16.5. The van der Waals surface area contributed by atoms with E-state index in [2.05, 4.69) is 0 Å². The Balaban J connectivity index is 1.44. The number of hydrogen-bond donors (Lipinski definition) is 0. The molecule has 2 aromatic carbocycles. The molecule has 0 aliphatic carbocycles. The molecule has 1 aliphatic heterocycles. The number of ether oxygens (including phenoxy) is 2. The van der Waals surface area contributed by atoms with E-state index in [1.807, 2.05) is 30.3 Å². The minimum Gasteiger partial charge on any atom is -0.497 e. The van der Waals surface area contributed by atoms with E-state index < -0.39 is 0 Å². The van der Waals surface area contributed by atoms with Crippen molar-refractivity contribution in [3.05, 3.63) is 59.7 Å². The summed E-state index contributed by atoms with van der Waals surface area (Å²) in [4.78, 5) is 28.4. The Kier molecular flexibility index (Phi) is 6.69. The second kappa shape index (κ2) is 9.60. The maximum atomic E-state index is 12.5. The molecule has 0 radical (unpaired) electrons. The van der Waals surface area contributed by atoms with Gasteiger partial charge in [-0.15, -0.1) is 0 Å². The smallest absolute Gasteiger partial charge is 0.260 e. The second-order valence-corrected chi connectivity index (χ2v) is 6.71. The van der Waals surface area contributed by atoms with Crippen LogP contribution in [0.4, 0.5) is 0 Å². The SMILES string of the molecule is COc1cccc(CC(=O)N2CCN(C(=O)COc3ccc(C#N)cc3)CC2)c1. The van der Waals surface area contributed by atoms with Gasteiger partial charge in [0.05, 0.1) is 25.2 Å². The van der Waals surface area contributed by atoms with Gasteiger partial charge in [0.2, 0.25) is 5.91 Å². The number of amides is 2. The third-order valence-corrected chi connectivity index (χ3v) is 4.82. The van der Waals surface area contributed by atoms with E-state index in [-0.39, 0.29) is 18.4 Å². The molecular weight excluding hydrogens is 370 g/mol. The lowest BCUT2D eigenvalue weighted by Gasteiger charge is -2.34. The monoisotopic (exact) mass is 393 g/mol. The van der Waals surface area contributed by atoms with Crippen LogP contribution in [-0.4, -0.2) is 61.5 Å². The van der Waals surface area contributed by atoms with Crippen molar-refractivity contribution in [1.82, 2.24) is 9.80 Å². The summed E-state index contributed by atoms with van der Waals surface area (Å²) in [6.07, 6.45) is 0.312. The fourth-order valence-electron chi connectivity index (χ4n) is 3.14. The molecule has 0 bridgehead atoms. The number of piperazine rings is 1. The number of benzene rings is 2. The zero-order valence-electron chi connectivity index (χ0n) is 16.3. The van der Waals surface area contributed by atoms with E-state index in [0.717, 1.165) is 11.3 Å². The second-order valence-electron chi connectivity index (χ2n) is 6.71. The van der Waals surface area contributed by atoms with E-state index >= 15 is 0 Å². The van der Waals surface area contributed by atoms with Crippen LogP contribution < -0.4 is 9.47 Å². The lowest BCUT2D eigenvalue weighted by atomic mass is 10.1. The minimum absolute atomic E-state index is 0.0409. The van der Waals surface area contributed by atoms with Crippen LogP contribution in [-0.2, 0) is 16.0 Å². The van der Waals surface area contributed by atoms with Crippen LogP contribution >= 0.6 is 0 Å². The summed E-state index contributed by atoms with van der Waals surface area (Å²) in [6.45, 7) is 1.92. The highest BCUT2D eigenvalue weighted by Crippen LogP contribution is 2.15. The summed E-state index contributed by atoms with van der Waals surface area (Å²) in [6, 6.07) is 16.1. The van der Waals surface area contributed by atoms with Crippen molar-refractivity contribution in [2.45, 2.75) is 6.42 Å². The van der Waals surface area contributed by atoms with Crippen LogP contribution in [0.2, 0.25) is 0 Å². The number of carbonyl (C=O) groups excluding carboxylic acids is 2. The fourth-order valence-corrected chi connectivity index (χ4v) is 3.14. The van der Waals surface area contributed by atoms with Crippen molar-refractivity contribution in [2.24, 2.45) is 0 Å². The van der Waals surface area contributed by atoms with Gasteiger partial charge >= 0.3 is 0 Å². The Hall–Kier alpha value is -3.53. The topological polar surface area (TPSA) is 82.9 Å². The number of nitrogens with zero attached hydrogens (tertiary/aromatic N) is 3. The van der Waals surface area contributed by atoms with Gasteiger partial charge in [0, 0.05) is 26.2 Å². The molecule has 7 heteroatoms. The first-order valence-electron chi connectivity index (χ1n) is 9.40. The summed E-state index contributed by atoms with van der Waals surface area (Å²) < 4.78 is 10.7. The van der Waals surface area contributed by atoms with Crippen molar-refractivity contribution in [3.8, 4) is 17.6 Å². The summed E-state index contributed by atoms with van der Waals surface area (Å²) in [7, 11) is 1.60. The molecule has 3 rings (SSSR count). The number of carbonyl (C=O) groups is 2. The molecule has 1 aliphatic rings. The molecule has 0 saturated carbocycles. The Morgan fingerprint density at radius 1 is 0.966 bits per heavy atom. The average molecular weight is 393 g/mol. The van der Waals surface area contributed by atoms with Crippen molar-refractivity contribution in [3.63, 3.8) is 0 Å². The summed E-state index contributed by atoms with van der Waals surface area (Å²) in [5.41, 5.74) is 1.45. The van der Waals surface area contributed by atoms with Gasteiger partial charge in [0.25, 0.3) is 5.91 Å². The molecule has 0 unspecified atom stereocenters. The molecule has 0 N–H and O–H groups in total. The molecule has 0 atom stereocenters. The minimum atomic E-state index is -0.116. The van der Waals surface area contributed by atoms with E-state index in [1.54, 1.807) is 41.2 Å². The van der Waals surface area contributed by atoms with Gasteiger partial charge in [-0.25, -0.2) is 0 Å². The summed E-state index contributed by atoms with van der Waals surface area (Å²) in [5.74, 6) is 1.20. The molecule has 0 aromatic heterocycles. The first-order valence-corrected chi connectivity index (χ1v) is 9.40. The lowest BCUT2D eigenvalue weighted by Crippen LogP contribution is -2.52. The molecule has 1 heterocycles. The first-order chi connectivity index (χ1) is 14.1. The predicted molar refractivity (Wildman–Crippen MR) is 107 cm³/mol. The van der Waals surface area contributed by atoms with Crippen LogP contribution in [0, 0.1) is 11.3 Å². The largest absolute Gasteiger partial charge is 0.497 e. The van der Waals surface area contributed by atoms with E-state index in [9.17, 15) is 9.59 Å². The third-order valence-electron chi connectivity index (χ3n) is 4.82. The fraction of sp³-hybridized carbons (Fsp3) is 0.318. The Labute approximate surface area is 170 Å². The first kappa shape index (κ1) is 20.2. The van der Waals surface area contributed by atoms with Crippen LogP contribution in [0.5, 0.6) is 11.5 Å². The molecule has 0 spiro atoms. The van der Waals surface area contributed by atoms with E-state index in [4.69, 9.17) is 14.7 Å². The zero-order chi connectivity index (χ0) is 20.6. The Morgan fingerprint density at radius 2 is 1.62 bits per heavy atom. The van der Waals surface area contributed by atoms with Crippen molar-refractivity contribution >= 4 is 11.8 Å². The van der Waals surface area contributed by atoms with Crippen molar-refractivity contribution < 1.29 is 19.1 Å². The lowest BCUT2D eigenvalue weighted by molar-refractivity contribution is -0.140. The number of hydrogen-bond acceptors (Lipinski definition) is 5. The van der Waals surface area contributed by atoms with Crippen LogP contribution in [0.1, 0.15) is 11.1 Å². The quantitative estimate of drug-likeness (QED) is 0.748. The van der Waals surface area contributed by atoms with Crippen molar-refractivity contribution in [1.29, 1.82) is 5.26 Å². The van der Waals surface area contributed by atoms with E-state index in [1.165, 1.54) is 0 Å². The molecular formula is C22H23N3O4. The Morgan fingerprint density at radius 3 is 2.24 bits per heavy atom. The standard InChI is InChI=1S/C22H23N3O4/c1-28-20-4-2-3-18(13-20)14-21(26)24-9-11-25(12-10-24)22(27)16-29-19-7-5-17(15-23)6-8-19/h2-8,13H,9-12,14,16H2,1H3. The zero-order valence-corrected chi connectivity index (χ0v) is 16.3.